The van der Waals surface area contributed by atoms with Gasteiger partial charge in [0, 0.05) is 0 Å². The van der Waals surface area contributed by atoms with E-state index in [9.17, 15) is 0 Å². The summed E-state index contributed by atoms with van der Waals surface area (Å²) in [5, 5.41) is 0. The fourth-order valence-electron chi connectivity index (χ4n) is 1.96. The van der Waals surface area contributed by atoms with Gasteiger partial charge in [-0.05, 0) is 65.2 Å². The van der Waals surface area contributed by atoms with Crippen molar-refractivity contribution in [3.05, 3.63) is 34.9 Å². The minimum atomic E-state index is 0.697. The summed E-state index contributed by atoms with van der Waals surface area (Å²) in [4.78, 5) is 0. The Kier molecular flexibility index (Phi) is 9.65. The van der Waals surface area contributed by atoms with Crippen LogP contribution >= 0.6 is 0 Å². The average Bonchev–Trinajstić information content (AvgIpc) is 2.28. The monoisotopic (exact) mass is 262 g/mol. The minimum absolute atomic E-state index is 0.697. The zero-order valence-corrected chi connectivity index (χ0v) is 14.2. The van der Waals surface area contributed by atoms with Crippen molar-refractivity contribution in [3.63, 3.8) is 0 Å². The topological polar surface area (TPSA) is 0 Å². The van der Waals surface area contributed by atoms with Gasteiger partial charge in [0.1, 0.15) is 0 Å². The molecule has 0 aliphatic heterocycles. The molecule has 0 amide bonds. The summed E-state index contributed by atoms with van der Waals surface area (Å²) in [5.41, 5.74) is 4.49. The van der Waals surface area contributed by atoms with Crippen molar-refractivity contribution in [2.24, 2.45) is 11.8 Å². The van der Waals surface area contributed by atoms with Crippen molar-refractivity contribution < 1.29 is 0 Å². The Hall–Kier alpha value is -0.780. The molecule has 1 atom stereocenters. The zero-order chi connectivity index (χ0) is 14.8. The lowest BCUT2D eigenvalue weighted by atomic mass is 9.94. The first-order valence-electron chi connectivity index (χ1n) is 7.79. The van der Waals surface area contributed by atoms with Crippen LogP contribution in [0.2, 0.25) is 0 Å². The van der Waals surface area contributed by atoms with E-state index in [2.05, 4.69) is 66.7 Å². The molecule has 0 rings (SSSR count). The quantitative estimate of drug-likeness (QED) is 0.427. The molecule has 1 unspecified atom stereocenters. The van der Waals surface area contributed by atoms with Gasteiger partial charge in [-0.3, -0.25) is 0 Å². The lowest BCUT2D eigenvalue weighted by Gasteiger charge is -2.12. The lowest BCUT2D eigenvalue weighted by molar-refractivity contribution is 0.500. The maximum atomic E-state index is 2.44. The Morgan fingerprint density at radius 2 is 1.32 bits per heavy atom. The van der Waals surface area contributed by atoms with Crippen LogP contribution in [0.5, 0.6) is 0 Å². The predicted molar refractivity (Wildman–Crippen MR) is 89.4 cm³/mol. The van der Waals surface area contributed by atoms with Crippen LogP contribution in [0.3, 0.4) is 0 Å². The second kappa shape index (κ2) is 10.1. The molecule has 0 aromatic heterocycles. The van der Waals surface area contributed by atoms with E-state index in [-0.39, 0.29) is 0 Å². The van der Waals surface area contributed by atoms with Gasteiger partial charge in [-0.2, -0.15) is 0 Å². The molecule has 0 fully saturated rings. The molecular weight excluding hydrogens is 228 g/mol. The molecule has 110 valence electrons. The van der Waals surface area contributed by atoms with Crippen LogP contribution in [0.4, 0.5) is 0 Å². The van der Waals surface area contributed by atoms with E-state index in [1.54, 1.807) is 0 Å². The normalized spacial score (nSPS) is 14.7. The van der Waals surface area contributed by atoms with Gasteiger partial charge in [-0.25, -0.2) is 0 Å². The molecule has 19 heavy (non-hydrogen) atoms. The molecular formula is C19H34. The third-order valence-corrected chi connectivity index (χ3v) is 3.72. The molecule has 0 aromatic carbocycles. The lowest BCUT2D eigenvalue weighted by Crippen LogP contribution is -2.00. The summed E-state index contributed by atoms with van der Waals surface area (Å²) >= 11 is 0. The van der Waals surface area contributed by atoms with Crippen LogP contribution < -0.4 is 0 Å². The molecule has 0 aliphatic rings. The highest BCUT2D eigenvalue weighted by Gasteiger charge is 2.03. The van der Waals surface area contributed by atoms with Gasteiger partial charge in [-0.15, -0.1) is 0 Å². The van der Waals surface area contributed by atoms with Crippen molar-refractivity contribution in [1.29, 1.82) is 0 Å². The highest BCUT2D eigenvalue weighted by Crippen LogP contribution is 2.17. The Morgan fingerprint density at radius 1 is 0.789 bits per heavy atom. The molecule has 0 heteroatoms. The molecule has 0 spiro atoms. The summed E-state index contributed by atoms with van der Waals surface area (Å²) in [6.45, 7) is 15.8. The van der Waals surface area contributed by atoms with Crippen molar-refractivity contribution in [2.75, 3.05) is 0 Å². The second-order valence-electron chi connectivity index (χ2n) is 6.53. The summed E-state index contributed by atoms with van der Waals surface area (Å²) in [6.07, 6.45) is 12.0. The molecule has 0 N–H and O–H groups in total. The van der Waals surface area contributed by atoms with Gasteiger partial charge in [0.15, 0.2) is 0 Å². The number of rotatable bonds is 8. The largest absolute Gasteiger partial charge is 0.0856 e. The van der Waals surface area contributed by atoms with E-state index in [1.165, 1.54) is 42.4 Å². The van der Waals surface area contributed by atoms with Gasteiger partial charge in [0.05, 0.1) is 0 Å². The third-order valence-electron chi connectivity index (χ3n) is 3.72. The number of allylic oxidation sites excluding steroid dienone is 6. The van der Waals surface area contributed by atoms with Gasteiger partial charge < -0.3 is 0 Å². The Balaban J connectivity index is 4.03. The van der Waals surface area contributed by atoms with E-state index in [1.807, 2.05) is 0 Å². The fraction of sp³-hybridized carbons (Fsp3) is 0.684. The molecule has 0 nitrogen and oxygen atoms in total. The van der Waals surface area contributed by atoms with Gasteiger partial charge in [-0.1, -0.05) is 55.7 Å². The fourth-order valence-corrected chi connectivity index (χ4v) is 1.96. The summed E-state index contributed by atoms with van der Waals surface area (Å²) in [7, 11) is 0. The van der Waals surface area contributed by atoms with Crippen molar-refractivity contribution in [1.82, 2.24) is 0 Å². The Morgan fingerprint density at radius 3 is 1.84 bits per heavy atom. The number of hydrogen-bond acceptors (Lipinski definition) is 0. The van der Waals surface area contributed by atoms with Gasteiger partial charge in [0.25, 0.3) is 0 Å². The molecule has 0 radical (unpaired) electrons. The van der Waals surface area contributed by atoms with E-state index in [4.69, 9.17) is 0 Å². The van der Waals surface area contributed by atoms with Crippen LogP contribution in [0.1, 0.15) is 74.1 Å². The summed E-state index contributed by atoms with van der Waals surface area (Å²) < 4.78 is 0. The smallest absolute Gasteiger partial charge is 0.0236 e. The SMILES string of the molecule is CC(C)=CCC/C(C)=C/CC/C(C)=C/C(C)C(C)C. The van der Waals surface area contributed by atoms with E-state index < -0.39 is 0 Å². The van der Waals surface area contributed by atoms with Crippen molar-refractivity contribution in [3.8, 4) is 0 Å². The molecule has 0 aromatic rings. The molecule has 0 heterocycles. The average molecular weight is 262 g/mol. The molecule has 0 aliphatic carbocycles. The zero-order valence-electron chi connectivity index (χ0n) is 14.2. The van der Waals surface area contributed by atoms with E-state index in [0.29, 0.717) is 5.92 Å². The standard InChI is InChI=1S/C19H34/c1-15(2)10-8-11-17(5)12-9-13-18(6)14-19(7)16(3)4/h10,12,14,16,19H,8-9,11,13H2,1-7H3/b17-12+,18-14+. The van der Waals surface area contributed by atoms with Crippen molar-refractivity contribution >= 4 is 0 Å². The predicted octanol–water partition coefficient (Wildman–Crippen LogP) is 6.70. The van der Waals surface area contributed by atoms with Gasteiger partial charge in [0.2, 0.25) is 0 Å². The maximum Gasteiger partial charge on any atom is -0.0236 e. The molecule has 0 bridgehead atoms. The maximum absolute atomic E-state index is 2.44. The summed E-state index contributed by atoms with van der Waals surface area (Å²) in [5.74, 6) is 1.44. The second-order valence-corrected chi connectivity index (χ2v) is 6.53. The molecule has 0 saturated carbocycles. The molecule has 0 saturated heterocycles. The van der Waals surface area contributed by atoms with E-state index in [0.717, 1.165) is 5.92 Å². The first-order valence-corrected chi connectivity index (χ1v) is 7.79. The van der Waals surface area contributed by atoms with E-state index >= 15 is 0 Å². The van der Waals surface area contributed by atoms with Crippen LogP contribution in [0, 0.1) is 11.8 Å². The Labute approximate surface area is 121 Å². The van der Waals surface area contributed by atoms with Gasteiger partial charge >= 0.3 is 0 Å². The summed E-state index contributed by atoms with van der Waals surface area (Å²) in [6, 6.07) is 0. The highest BCUT2D eigenvalue weighted by molar-refractivity contribution is 5.06. The van der Waals surface area contributed by atoms with Crippen LogP contribution in [-0.2, 0) is 0 Å². The van der Waals surface area contributed by atoms with Crippen LogP contribution in [-0.4, -0.2) is 0 Å². The van der Waals surface area contributed by atoms with Crippen LogP contribution in [0.25, 0.3) is 0 Å². The first-order chi connectivity index (χ1) is 8.82. The Bertz CT molecular complexity index is 322. The number of hydrogen-bond donors (Lipinski definition) is 0. The first kappa shape index (κ1) is 18.2. The highest BCUT2D eigenvalue weighted by atomic mass is 14.1. The van der Waals surface area contributed by atoms with Crippen molar-refractivity contribution in [2.45, 2.75) is 74.1 Å². The van der Waals surface area contributed by atoms with Crippen LogP contribution in [0.15, 0.2) is 34.9 Å². The minimum Gasteiger partial charge on any atom is -0.0856 e. The third kappa shape index (κ3) is 10.8.